The fourth-order valence-electron chi connectivity index (χ4n) is 3.01. The molecule has 4 nitrogen and oxygen atoms in total. The van der Waals surface area contributed by atoms with Gasteiger partial charge in [0.05, 0.1) is 11.7 Å². The first-order valence-corrected chi connectivity index (χ1v) is 8.07. The summed E-state index contributed by atoms with van der Waals surface area (Å²) in [6.07, 6.45) is 3.55. The van der Waals surface area contributed by atoms with Gasteiger partial charge in [-0.2, -0.15) is 0 Å². The Morgan fingerprint density at radius 3 is 3.24 bits per heavy atom. The highest BCUT2D eigenvalue weighted by Crippen LogP contribution is 2.37. The molecule has 108 valence electrons. The van der Waals surface area contributed by atoms with Gasteiger partial charge < -0.3 is 15.4 Å². The van der Waals surface area contributed by atoms with E-state index in [9.17, 15) is 4.79 Å². The van der Waals surface area contributed by atoms with Crippen LogP contribution in [0.5, 0.6) is 5.75 Å². The highest BCUT2D eigenvalue weighted by Gasteiger charge is 2.22. The van der Waals surface area contributed by atoms with Crippen molar-refractivity contribution in [2.75, 3.05) is 17.2 Å². The Kier molecular flexibility index (Phi) is 3.07. The molecule has 0 saturated carbocycles. The standard InChI is InChI=1S/C16H16N2O2S/c19-16-9-20-14-5-4-10(8-13(14)18-16)17-12-2-1-3-15-11(12)6-7-21-15/h4-8,12,17H,1-3,9H2,(H,18,19). The van der Waals surface area contributed by atoms with E-state index in [-0.39, 0.29) is 12.5 Å². The Morgan fingerprint density at radius 1 is 1.33 bits per heavy atom. The number of anilines is 2. The van der Waals surface area contributed by atoms with Crippen molar-refractivity contribution >= 4 is 28.6 Å². The largest absolute Gasteiger partial charge is 0.482 e. The van der Waals surface area contributed by atoms with Crippen LogP contribution < -0.4 is 15.4 Å². The molecule has 1 amide bonds. The monoisotopic (exact) mass is 300 g/mol. The maximum atomic E-state index is 11.4. The Morgan fingerprint density at radius 2 is 2.29 bits per heavy atom. The summed E-state index contributed by atoms with van der Waals surface area (Å²) in [7, 11) is 0. The van der Waals surface area contributed by atoms with Crippen molar-refractivity contribution in [3.63, 3.8) is 0 Å². The molecule has 0 bridgehead atoms. The number of benzene rings is 1. The van der Waals surface area contributed by atoms with E-state index in [1.807, 2.05) is 29.5 Å². The van der Waals surface area contributed by atoms with Gasteiger partial charge in [-0.05, 0) is 54.5 Å². The van der Waals surface area contributed by atoms with E-state index in [0.29, 0.717) is 6.04 Å². The van der Waals surface area contributed by atoms with E-state index in [1.165, 1.54) is 23.3 Å². The number of carbonyl (C=O) groups is 1. The van der Waals surface area contributed by atoms with Crippen LogP contribution in [0.4, 0.5) is 11.4 Å². The fraction of sp³-hybridized carbons (Fsp3) is 0.312. The van der Waals surface area contributed by atoms with E-state index in [1.54, 1.807) is 0 Å². The van der Waals surface area contributed by atoms with Crippen molar-refractivity contribution < 1.29 is 9.53 Å². The topological polar surface area (TPSA) is 50.4 Å². The number of rotatable bonds is 2. The molecule has 2 heterocycles. The molecule has 1 aliphatic heterocycles. The van der Waals surface area contributed by atoms with Gasteiger partial charge >= 0.3 is 0 Å². The first-order valence-electron chi connectivity index (χ1n) is 7.19. The molecule has 5 heteroatoms. The number of thiophene rings is 1. The van der Waals surface area contributed by atoms with Crippen LogP contribution in [0.25, 0.3) is 0 Å². The number of aryl methyl sites for hydroxylation is 1. The number of hydrogen-bond acceptors (Lipinski definition) is 4. The number of fused-ring (bicyclic) bond motifs is 2. The molecule has 1 aliphatic carbocycles. The molecule has 4 rings (SSSR count). The maximum Gasteiger partial charge on any atom is 0.262 e. The molecule has 21 heavy (non-hydrogen) atoms. The normalized spacial score (nSPS) is 20.0. The molecular formula is C16H16N2O2S. The third-order valence-corrected chi connectivity index (χ3v) is 5.00. The van der Waals surface area contributed by atoms with Crippen LogP contribution in [0, 0.1) is 0 Å². The highest BCUT2D eigenvalue weighted by molar-refractivity contribution is 7.10. The second-order valence-electron chi connectivity index (χ2n) is 5.44. The van der Waals surface area contributed by atoms with Gasteiger partial charge in [-0.15, -0.1) is 11.3 Å². The average Bonchev–Trinajstić information content (AvgIpc) is 2.96. The number of nitrogens with one attached hydrogen (secondary N) is 2. The van der Waals surface area contributed by atoms with Crippen LogP contribution in [-0.4, -0.2) is 12.5 Å². The summed E-state index contributed by atoms with van der Waals surface area (Å²) < 4.78 is 5.39. The smallest absolute Gasteiger partial charge is 0.262 e. The number of carbonyl (C=O) groups excluding carboxylic acids is 1. The summed E-state index contributed by atoms with van der Waals surface area (Å²) in [5, 5.41) is 8.61. The number of ether oxygens (including phenoxy) is 1. The van der Waals surface area contributed by atoms with E-state index < -0.39 is 0 Å². The van der Waals surface area contributed by atoms with Gasteiger partial charge in [0.1, 0.15) is 5.75 Å². The zero-order valence-corrected chi connectivity index (χ0v) is 12.3. The van der Waals surface area contributed by atoms with E-state index in [4.69, 9.17) is 4.74 Å². The molecule has 1 aromatic carbocycles. The second-order valence-corrected chi connectivity index (χ2v) is 6.44. The van der Waals surface area contributed by atoms with E-state index in [0.717, 1.165) is 23.5 Å². The lowest BCUT2D eigenvalue weighted by Gasteiger charge is -2.26. The minimum Gasteiger partial charge on any atom is -0.482 e. The summed E-state index contributed by atoms with van der Waals surface area (Å²) in [5.74, 6) is 0.637. The van der Waals surface area contributed by atoms with E-state index >= 15 is 0 Å². The Labute approximate surface area is 127 Å². The average molecular weight is 300 g/mol. The van der Waals surface area contributed by atoms with Crippen molar-refractivity contribution in [1.82, 2.24) is 0 Å². The van der Waals surface area contributed by atoms with Gasteiger partial charge in [-0.25, -0.2) is 0 Å². The Hall–Kier alpha value is -2.01. The fourth-order valence-corrected chi connectivity index (χ4v) is 4.00. The number of hydrogen-bond donors (Lipinski definition) is 2. The van der Waals surface area contributed by atoms with Crippen molar-refractivity contribution in [2.24, 2.45) is 0 Å². The lowest BCUT2D eigenvalue weighted by Crippen LogP contribution is -2.25. The summed E-state index contributed by atoms with van der Waals surface area (Å²) in [6.45, 7) is 0.0979. The minimum atomic E-state index is -0.0996. The van der Waals surface area contributed by atoms with Crippen LogP contribution in [0.3, 0.4) is 0 Å². The molecule has 1 atom stereocenters. The van der Waals surface area contributed by atoms with Gasteiger partial charge in [0.15, 0.2) is 6.61 Å². The minimum absolute atomic E-state index is 0.0979. The molecule has 2 aromatic rings. The summed E-state index contributed by atoms with van der Waals surface area (Å²) in [5.41, 5.74) is 3.19. The molecule has 0 spiro atoms. The van der Waals surface area contributed by atoms with Crippen molar-refractivity contribution in [1.29, 1.82) is 0 Å². The van der Waals surface area contributed by atoms with Crippen LogP contribution in [-0.2, 0) is 11.2 Å². The quantitative estimate of drug-likeness (QED) is 0.891. The zero-order chi connectivity index (χ0) is 14.2. The third-order valence-electron chi connectivity index (χ3n) is 4.01. The third kappa shape index (κ3) is 2.38. The summed E-state index contributed by atoms with van der Waals surface area (Å²) in [6, 6.07) is 8.46. The molecule has 2 aliphatic rings. The van der Waals surface area contributed by atoms with Gasteiger partial charge in [-0.3, -0.25) is 4.79 Å². The number of amides is 1. The molecule has 0 radical (unpaired) electrons. The lowest BCUT2D eigenvalue weighted by molar-refractivity contribution is -0.118. The van der Waals surface area contributed by atoms with E-state index in [2.05, 4.69) is 22.1 Å². The molecule has 0 saturated heterocycles. The Balaban J connectivity index is 1.59. The van der Waals surface area contributed by atoms with Gasteiger partial charge in [0, 0.05) is 10.6 Å². The molecule has 2 N–H and O–H groups in total. The zero-order valence-electron chi connectivity index (χ0n) is 11.5. The van der Waals surface area contributed by atoms with Crippen molar-refractivity contribution in [2.45, 2.75) is 25.3 Å². The lowest BCUT2D eigenvalue weighted by atomic mass is 9.94. The molecular weight excluding hydrogens is 284 g/mol. The predicted molar refractivity (Wildman–Crippen MR) is 84.2 cm³/mol. The molecule has 1 aromatic heterocycles. The van der Waals surface area contributed by atoms with Crippen LogP contribution >= 0.6 is 11.3 Å². The molecule has 0 fully saturated rings. The first kappa shape index (κ1) is 12.7. The first-order chi connectivity index (χ1) is 10.3. The maximum absolute atomic E-state index is 11.4. The highest BCUT2D eigenvalue weighted by atomic mass is 32.1. The summed E-state index contributed by atoms with van der Waals surface area (Å²) >= 11 is 1.85. The Bertz CT molecular complexity index is 695. The van der Waals surface area contributed by atoms with Gasteiger partial charge in [0.25, 0.3) is 5.91 Å². The van der Waals surface area contributed by atoms with Gasteiger partial charge in [-0.1, -0.05) is 0 Å². The van der Waals surface area contributed by atoms with Crippen molar-refractivity contribution in [3.8, 4) is 5.75 Å². The predicted octanol–water partition coefficient (Wildman–Crippen LogP) is 3.57. The van der Waals surface area contributed by atoms with Gasteiger partial charge in [0.2, 0.25) is 0 Å². The summed E-state index contributed by atoms with van der Waals surface area (Å²) in [4.78, 5) is 12.9. The van der Waals surface area contributed by atoms with Crippen LogP contribution in [0.2, 0.25) is 0 Å². The SMILES string of the molecule is O=C1COc2ccc(NC3CCCc4sccc43)cc2N1. The van der Waals surface area contributed by atoms with Crippen LogP contribution in [0.1, 0.15) is 29.3 Å². The molecule has 1 unspecified atom stereocenters. The van der Waals surface area contributed by atoms with Crippen molar-refractivity contribution in [3.05, 3.63) is 40.1 Å². The second kappa shape index (κ2) is 5.07. The van der Waals surface area contributed by atoms with Crippen LogP contribution in [0.15, 0.2) is 29.6 Å².